The molecule has 0 spiro atoms. The van der Waals surface area contributed by atoms with E-state index < -0.39 is 6.04 Å². The maximum atomic E-state index is 14.1. The van der Waals surface area contributed by atoms with Crippen molar-refractivity contribution in [3.8, 4) is 22.4 Å². The number of ketones is 1. The van der Waals surface area contributed by atoms with E-state index in [1.54, 1.807) is 12.1 Å². The Labute approximate surface area is 246 Å². The summed E-state index contributed by atoms with van der Waals surface area (Å²) in [5.74, 6) is -0.0296. The van der Waals surface area contributed by atoms with Crippen LogP contribution in [0, 0.1) is 6.92 Å². The SMILES string of the molecule is Cc1nc(-c2ccc(Cl)cc2Cl)c(-c2ccc(Br)cc2)cc1C(=O)C1CC(CC=O)(c2ccccc2)CCN1. The molecule has 1 N–H and O–H groups in total. The Kier molecular flexibility index (Phi) is 8.34. The molecule has 1 aliphatic rings. The molecule has 3 aromatic carbocycles. The largest absolute Gasteiger partial charge is 0.307 e. The van der Waals surface area contributed by atoms with Gasteiger partial charge in [0.2, 0.25) is 0 Å². The Morgan fingerprint density at radius 2 is 1.79 bits per heavy atom. The molecule has 2 heterocycles. The molecule has 7 heteroatoms. The number of hydrogen-bond acceptors (Lipinski definition) is 4. The number of Topliss-reactive ketones (excluding diaryl/α,β-unsaturated/α-hetero) is 1. The van der Waals surface area contributed by atoms with Gasteiger partial charge in [0.25, 0.3) is 0 Å². The Morgan fingerprint density at radius 1 is 1.05 bits per heavy atom. The Morgan fingerprint density at radius 3 is 2.49 bits per heavy atom. The van der Waals surface area contributed by atoms with Crippen molar-refractivity contribution in [1.29, 1.82) is 0 Å². The maximum Gasteiger partial charge on any atom is 0.181 e. The van der Waals surface area contributed by atoms with Crippen LogP contribution < -0.4 is 5.32 Å². The van der Waals surface area contributed by atoms with Crippen LogP contribution in [-0.4, -0.2) is 29.6 Å². The van der Waals surface area contributed by atoms with E-state index >= 15 is 0 Å². The third-order valence-corrected chi connectivity index (χ3v) is 8.66. The second kappa shape index (κ2) is 11.7. The summed E-state index contributed by atoms with van der Waals surface area (Å²) in [7, 11) is 0. The number of benzene rings is 3. The van der Waals surface area contributed by atoms with Crippen molar-refractivity contribution in [2.45, 2.75) is 37.6 Å². The van der Waals surface area contributed by atoms with Gasteiger partial charge >= 0.3 is 0 Å². The van der Waals surface area contributed by atoms with Crippen LogP contribution in [0.4, 0.5) is 0 Å². The monoisotopic (exact) mass is 620 g/mol. The number of aldehydes is 1. The van der Waals surface area contributed by atoms with E-state index in [9.17, 15) is 9.59 Å². The van der Waals surface area contributed by atoms with Gasteiger partial charge in [0.1, 0.15) is 6.29 Å². The van der Waals surface area contributed by atoms with Crippen molar-refractivity contribution in [1.82, 2.24) is 10.3 Å². The van der Waals surface area contributed by atoms with Crippen molar-refractivity contribution in [3.05, 3.63) is 110 Å². The highest BCUT2D eigenvalue weighted by Crippen LogP contribution is 2.40. The van der Waals surface area contributed by atoms with Gasteiger partial charge in [0.05, 0.1) is 16.8 Å². The molecule has 2 atom stereocenters. The Hall–Kier alpha value is -2.83. The zero-order valence-corrected chi connectivity index (χ0v) is 24.5. The number of hydrogen-bond donors (Lipinski definition) is 1. The maximum absolute atomic E-state index is 14.1. The van der Waals surface area contributed by atoms with Gasteiger partial charge in [0.15, 0.2) is 5.78 Å². The van der Waals surface area contributed by atoms with Crippen molar-refractivity contribution >= 4 is 51.2 Å². The van der Waals surface area contributed by atoms with E-state index in [1.165, 1.54) is 0 Å². The van der Waals surface area contributed by atoms with Gasteiger partial charge < -0.3 is 10.1 Å². The topological polar surface area (TPSA) is 59.1 Å². The number of rotatable bonds is 7. The second-order valence-corrected chi connectivity index (χ2v) is 11.8. The summed E-state index contributed by atoms with van der Waals surface area (Å²) in [5, 5.41) is 4.45. The Bertz CT molecular complexity index is 1530. The van der Waals surface area contributed by atoms with Crippen LogP contribution >= 0.6 is 39.1 Å². The number of carbonyl (C=O) groups is 2. The van der Waals surface area contributed by atoms with Crippen molar-refractivity contribution in [2.24, 2.45) is 0 Å². The smallest absolute Gasteiger partial charge is 0.181 e. The molecule has 2 unspecified atom stereocenters. The standard InChI is InChI=1S/C32H27BrCl2N2O2/c1-20-26(31(39)29-19-32(14-16-38,13-15-36-29)22-5-3-2-4-6-22)18-27(21-7-9-23(33)10-8-21)30(37-20)25-12-11-24(34)17-28(25)35/h2-12,16-18,29,36H,13-15,19H2,1H3. The summed E-state index contributed by atoms with van der Waals surface area (Å²) in [6.07, 6.45) is 2.67. The molecule has 1 saturated heterocycles. The van der Waals surface area contributed by atoms with Gasteiger partial charge in [-0.25, -0.2) is 0 Å². The zero-order chi connectivity index (χ0) is 27.6. The number of pyridine rings is 1. The second-order valence-electron chi connectivity index (χ2n) is 9.99. The molecule has 4 aromatic rings. The van der Waals surface area contributed by atoms with E-state index in [2.05, 4.69) is 33.4 Å². The molecule has 0 bridgehead atoms. The van der Waals surface area contributed by atoms with Crippen LogP contribution in [0.1, 0.15) is 40.9 Å². The first-order chi connectivity index (χ1) is 18.8. The third kappa shape index (κ3) is 5.73. The van der Waals surface area contributed by atoms with E-state index in [-0.39, 0.29) is 11.2 Å². The lowest BCUT2D eigenvalue weighted by Crippen LogP contribution is -2.50. The van der Waals surface area contributed by atoms with Crippen LogP contribution in [-0.2, 0) is 10.2 Å². The summed E-state index contributed by atoms with van der Waals surface area (Å²) >= 11 is 16.3. The lowest BCUT2D eigenvalue weighted by Gasteiger charge is -2.40. The van der Waals surface area contributed by atoms with Gasteiger partial charge in [-0.2, -0.15) is 0 Å². The number of halogens is 3. The van der Waals surface area contributed by atoms with Crippen molar-refractivity contribution in [3.63, 3.8) is 0 Å². The predicted molar refractivity (Wildman–Crippen MR) is 162 cm³/mol. The molecule has 39 heavy (non-hydrogen) atoms. The highest BCUT2D eigenvalue weighted by molar-refractivity contribution is 9.10. The number of nitrogens with zero attached hydrogens (tertiary/aromatic N) is 1. The van der Waals surface area contributed by atoms with Gasteiger partial charge in [-0.05, 0) is 73.8 Å². The summed E-state index contributed by atoms with van der Waals surface area (Å²) in [4.78, 5) is 30.8. The van der Waals surface area contributed by atoms with Crippen molar-refractivity contribution < 1.29 is 9.59 Å². The van der Waals surface area contributed by atoms with Crippen LogP contribution in [0.2, 0.25) is 10.0 Å². The van der Waals surface area contributed by atoms with E-state index in [0.29, 0.717) is 46.4 Å². The number of nitrogens with one attached hydrogen (secondary N) is 1. The number of aryl methyl sites for hydroxylation is 1. The lowest BCUT2D eigenvalue weighted by molar-refractivity contribution is -0.109. The molecule has 4 nitrogen and oxygen atoms in total. The molecule has 0 aliphatic carbocycles. The Balaban J connectivity index is 1.59. The van der Waals surface area contributed by atoms with Crippen LogP contribution in [0.5, 0.6) is 0 Å². The lowest BCUT2D eigenvalue weighted by atomic mass is 9.68. The average molecular weight is 622 g/mol. The molecule has 0 radical (unpaired) electrons. The molecule has 1 fully saturated rings. The molecular weight excluding hydrogens is 595 g/mol. The molecule has 1 aromatic heterocycles. The van der Waals surface area contributed by atoms with Gasteiger partial charge in [-0.15, -0.1) is 0 Å². The molecular formula is C32H27BrCl2N2O2. The van der Waals surface area contributed by atoms with Gasteiger partial charge in [0, 0.05) is 43.7 Å². The first-order valence-corrected chi connectivity index (χ1v) is 14.4. The first kappa shape index (κ1) is 27.7. The molecule has 198 valence electrons. The highest BCUT2D eigenvalue weighted by Gasteiger charge is 2.40. The summed E-state index contributed by atoms with van der Waals surface area (Å²) in [5.41, 5.74) is 5.02. The average Bonchev–Trinajstić information content (AvgIpc) is 2.94. The van der Waals surface area contributed by atoms with Gasteiger partial charge in [-0.1, -0.05) is 81.6 Å². The molecule has 5 rings (SSSR count). The minimum atomic E-state index is -0.442. The quantitative estimate of drug-likeness (QED) is 0.167. The number of aromatic nitrogens is 1. The van der Waals surface area contributed by atoms with Crippen molar-refractivity contribution in [2.75, 3.05) is 6.54 Å². The molecule has 1 aliphatic heterocycles. The first-order valence-electron chi connectivity index (χ1n) is 12.8. The summed E-state index contributed by atoms with van der Waals surface area (Å²) in [6, 6.07) is 24.8. The highest BCUT2D eigenvalue weighted by atomic mass is 79.9. The minimum absolute atomic E-state index is 0.0296. The predicted octanol–water partition coefficient (Wildman–Crippen LogP) is 8.26. The third-order valence-electron chi connectivity index (χ3n) is 7.59. The normalized spacial score (nSPS) is 19.0. The number of piperidine rings is 1. The van der Waals surface area contributed by atoms with E-state index in [1.807, 2.05) is 61.5 Å². The summed E-state index contributed by atoms with van der Waals surface area (Å²) in [6.45, 7) is 2.49. The van der Waals surface area contributed by atoms with Crippen LogP contribution in [0.3, 0.4) is 0 Å². The summed E-state index contributed by atoms with van der Waals surface area (Å²) < 4.78 is 0.951. The fraction of sp³-hybridized carbons (Fsp3) is 0.219. The molecule has 0 amide bonds. The minimum Gasteiger partial charge on any atom is -0.307 e. The van der Waals surface area contributed by atoms with Crippen LogP contribution in [0.25, 0.3) is 22.4 Å². The van der Waals surface area contributed by atoms with Gasteiger partial charge in [-0.3, -0.25) is 9.78 Å². The fourth-order valence-corrected chi connectivity index (χ4v) is 6.29. The molecule has 0 saturated carbocycles. The number of carbonyl (C=O) groups excluding carboxylic acids is 2. The van der Waals surface area contributed by atoms with E-state index in [0.717, 1.165) is 39.4 Å². The van der Waals surface area contributed by atoms with Crippen LogP contribution in [0.15, 0.2) is 83.3 Å². The van der Waals surface area contributed by atoms with E-state index in [4.69, 9.17) is 28.2 Å². The zero-order valence-electron chi connectivity index (χ0n) is 21.4. The fourth-order valence-electron chi connectivity index (χ4n) is 5.53.